The number of nitrogens with zero attached hydrogens (tertiary/aromatic N) is 4. The van der Waals surface area contributed by atoms with Gasteiger partial charge in [-0.1, -0.05) is 0 Å². The van der Waals surface area contributed by atoms with Gasteiger partial charge in [0.15, 0.2) is 5.65 Å². The minimum atomic E-state index is -0.651. The van der Waals surface area contributed by atoms with Gasteiger partial charge in [-0.3, -0.25) is 14.6 Å². The molecule has 0 bridgehead atoms. The molecule has 0 fully saturated rings. The van der Waals surface area contributed by atoms with Crippen LogP contribution in [0.2, 0.25) is 0 Å². The highest BCUT2D eigenvalue weighted by Gasteiger charge is 2.26. The third-order valence-electron chi connectivity index (χ3n) is 3.86. The van der Waals surface area contributed by atoms with E-state index in [2.05, 4.69) is 9.97 Å². The Labute approximate surface area is 132 Å². The van der Waals surface area contributed by atoms with E-state index in [9.17, 15) is 10.0 Å². The predicted molar refractivity (Wildman–Crippen MR) is 83.4 cm³/mol. The Kier molecular flexibility index (Phi) is 3.17. The molecule has 0 spiro atoms. The van der Waals surface area contributed by atoms with Gasteiger partial charge < -0.3 is 11.5 Å². The molecule has 8 heteroatoms. The molecular formula is C15H17N6O2+. The average molecular weight is 313 g/mol. The van der Waals surface area contributed by atoms with E-state index in [1.807, 2.05) is 6.92 Å². The van der Waals surface area contributed by atoms with Crippen LogP contribution in [0.3, 0.4) is 0 Å². The number of pyridine rings is 1. The minimum absolute atomic E-state index is 0.171. The Balaban J connectivity index is 2.53. The lowest BCUT2D eigenvalue weighted by Gasteiger charge is -2.10. The molecule has 0 saturated heterocycles. The van der Waals surface area contributed by atoms with E-state index in [-0.39, 0.29) is 11.4 Å². The molecule has 0 saturated carbocycles. The molecular weight excluding hydrogens is 296 g/mol. The fourth-order valence-corrected chi connectivity index (χ4v) is 2.76. The van der Waals surface area contributed by atoms with Crippen molar-refractivity contribution in [1.29, 1.82) is 0 Å². The normalized spacial score (nSPS) is 11.1. The third kappa shape index (κ3) is 2.07. The second-order valence-electron chi connectivity index (χ2n) is 5.39. The monoisotopic (exact) mass is 313 g/mol. The van der Waals surface area contributed by atoms with Gasteiger partial charge in [0.2, 0.25) is 6.20 Å². The lowest BCUT2D eigenvalue weighted by Crippen LogP contribution is -2.35. The first kappa shape index (κ1) is 14.8. The molecule has 5 N–H and O–H groups in total. The van der Waals surface area contributed by atoms with Gasteiger partial charge in [0, 0.05) is 23.9 Å². The number of aromatic nitrogens is 4. The van der Waals surface area contributed by atoms with Crippen LogP contribution in [0.1, 0.15) is 27.4 Å². The van der Waals surface area contributed by atoms with Gasteiger partial charge in [0.05, 0.1) is 10.9 Å². The smallest absolute Gasteiger partial charge is 0.255 e. The number of nitrogen functional groups attached to an aromatic ring is 1. The second-order valence-corrected chi connectivity index (χ2v) is 5.39. The zero-order chi connectivity index (χ0) is 16.9. The standard InChI is InChI=1S/C15H16N6O2/c1-7-4-5-20(23)8(2)12(7)21-13(16)11(14(17)22)10-6-18-9(3)19-15(10)21/h4-6H,1-3H3,(H4-,16,17,22,23)/p+1. The number of hydrogen-bond acceptors (Lipinski definition) is 5. The molecule has 0 aliphatic heterocycles. The molecule has 0 aliphatic rings. The summed E-state index contributed by atoms with van der Waals surface area (Å²) in [6.07, 6.45) is 3.07. The van der Waals surface area contributed by atoms with Crippen molar-refractivity contribution < 1.29 is 14.7 Å². The molecule has 23 heavy (non-hydrogen) atoms. The van der Waals surface area contributed by atoms with Crippen molar-refractivity contribution in [1.82, 2.24) is 14.5 Å². The number of carbonyl (C=O) groups excluding carboxylic acids is 1. The number of aryl methyl sites for hydroxylation is 2. The molecule has 0 aliphatic carbocycles. The maximum atomic E-state index is 11.8. The zero-order valence-corrected chi connectivity index (χ0v) is 13.0. The van der Waals surface area contributed by atoms with Crippen molar-refractivity contribution in [2.75, 3.05) is 5.73 Å². The fraction of sp³-hybridized carbons (Fsp3) is 0.200. The van der Waals surface area contributed by atoms with E-state index in [1.165, 1.54) is 12.4 Å². The van der Waals surface area contributed by atoms with Gasteiger partial charge in [-0.15, -0.1) is 0 Å². The Bertz CT molecular complexity index is 960. The van der Waals surface area contributed by atoms with Crippen LogP contribution in [0.25, 0.3) is 16.7 Å². The molecule has 1 amide bonds. The first-order valence-electron chi connectivity index (χ1n) is 6.97. The highest BCUT2D eigenvalue weighted by atomic mass is 16.5. The highest BCUT2D eigenvalue weighted by molar-refractivity contribution is 6.10. The van der Waals surface area contributed by atoms with Crippen LogP contribution >= 0.6 is 0 Å². The Hall–Kier alpha value is -3.16. The van der Waals surface area contributed by atoms with Crippen LogP contribution in [0.4, 0.5) is 5.82 Å². The summed E-state index contributed by atoms with van der Waals surface area (Å²) >= 11 is 0. The molecule has 118 valence electrons. The molecule has 3 rings (SSSR count). The third-order valence-corrected chi connectivity index (χ3v) is 3.86. The van der Waals surface area contributed by atoms with Crippen LogP contribution in [0.15, 0.2) is 18.5 Å². The fourth-order valence-electron chi connectivity index (χ4n) is 2.76. The first-order valence-corrected chi connectivity index (χ1v) is 6.97. The number of anilines is 1. The van der Waals surface area contributed by atoms with Gasteiger partial charge >= 0.3 is 0 Å². The largest absolute Gasteiger partial charge is 0.384 e. The van der Waals surface area contributed by atoms with Crippen LogP contribution < -0.4 is 16.2 Å². The van der Waals surface area contributed by atoms with Crippen molar-refractivity contribution in [3.05, 3.63) is 41.1 Å². The molecule has 0 aromatic carbocycles. The Morgan fingerprint density at radius 3 is 2.70 bits per heavy atom. The topological polar surface area (TPSA) is 124 Å². The molecule has 0 atom stereocenters. The van der Waals surface area contributed by atoms with E-state index >= 15 is 0 Å². The minimum Gasteiger partial charge on any atom is -0.384 e. The lowest BCUT2D eigenvalue weighted by atomic mass is 10.2. The van der Waals surface area contributed by atoms with Crippen LogP contribution in [-0.2, 0) is 0 Å². The molecule has 0 radical (unpaired) electrons. The number of amides is 1. The summed E-state index contributed by atoms with van der Waals surface area (Å²) < 4.78 is 2.62. The van der Waals surface area contributed by atoms with E-state index in [4.69, 9.17) is 11.5 Å². The van der Waals surface area contributed by atoms with Crippen LogP contribution in [-0.4, -0.2) is 25.6 Å². The summed E-state index contributed by atoms with van der Waals surface area (Å²) in [5, 5.41) is 10.4. The maximum absolute atomic E-state index is 11.8. The quantitative estimate of drug-likeness (QED) is 0.471. The van der Waals surface area contributed by atoms with E-state index in [0.29, 0.717) is 28.2 Å². The molecule has 3 aromatic heterocycles. The number of hydrogen-bond donors (Lipinski definition) is 3. The van der Waals surface area contributed by atoms with Crippen molar-refractivity contribution in [3.8, 4) is 5.69 Å². The van der Waals surface area contributed by atoms with Gasteiger partial charge in [-0.2, -0.15) is 0 Å². The summed E-state index contributed by atoms with van der Waals surface area (Å²) in [6, 6.07) is 1.74. The van der Waals surface area contributed by atoms with Crippen LogP contribution in [0.5, 0.6) is 0 Å². The Morgan fingerprint density at radius 2 is 2.04 bits per heavy atom. The summed E-state index contributed by atoms with van der Waals surface area (Å²) in [7, 11) is 0. The van der Waals surface area contributed by atoms with Gasteiger partial charge in [0.1, 0.15) is 17.3 Å². The van der Waals surface area contributed by atoms with Crippen molar-refractivity contribution in [2.24, 2.45) is 5.73 Å². The van der Waals surface area contributed by atoms with Gasteiger partial charge in [0.25, 0.3) is 11.6 Å². The van der Waals surface area contributed by atoms with Crippen molar-refractivity contribution in [3.63, 3.8) is 0 Å². The predicted octanol–water partition coefficient (Wildman–Crippen LogP) is 0.552. The molecule has 0 unspecified atom stereocenters. The molecule has 3 aromatic rings. The molecule has 3 heterocycles. The first-order chi connectivity index (χ1) is 10.8. The van der Waals surface area contributed by atoms with E-state index in [0.717, 1.165) is 10.3 Å². The summed E-state index contributed by atoms with van der Waals surface area (Å²) in [4.78, 5) is 20.3. The molecule has 8 nitrogen and oxygen atoms in total. The number of primary amides is 1. The number of fused-ring (bicyclic) bond motifs is 1. The van der Waals surface area contributed by atoms with Gasteiger partial charge in [-0.05, 0) is 19.4 Å². The lowest BCUT2D eigenvalue weighted by molar-refractivity contribution is -0.908. The summed E-state index contributed by atoms with van der Waals surface area (Å²) in [5.41, 5.74) is 14.4. The van der Waals surface area contributed by atoms with Crippen LogP contribution in [0, 0.1) is 20.8 Å². The van der Waals surface area contributed by atoms with E-state index in [1.54, 1.807) is 24.5 Å². The highest BCUT2D eigenvalue weighted by Crippen LogP contribution is 2.31. The van der Waals surface area contributed by atoms with Crippen molar-refractivity contribution in [2.45, 2.75) is 20.8 Å². The second kappa shape index (κ2) is 4.94. The zero-order valence-electron chi connectivity index (χ0n) is 13.0. The number of rotatable bonds is 2. The maximum Gasteiger partial charge on any atom is 0.255 e. The van der Waals surface area contributed by atoms with E-state index < -0.39 is 5.91 Å². The summed E-state index contributed by atoms with van der Waals surface area (Å²) in [5.74, 6) is 0.0574. The van der Waals surface area contributed by atoms with Gasteiger partial charge in [-0.25, -0.2) is 9.97 Å². The van der Waals surface area contributed by atoms with Crippen molar-refractivity contribution >= 4 is 22.8 Å². The SMILES string of the molecule is Cc1ncc2c(C(N)=O)c(N)n(-c3c(C)cc[n+](O)c3C)c2n1. The number of nitrogens with two attached hydrogens (primary N) is 2. The Morgan fingerprint density at radius 1 is 1.35 bits per heavy atom. The number of carbonyl (C=O) groups is 1. The summed E-state index contributed by atoms with van der Waals surface area (Å²) in [6.45, 7) is 5.37. The average Bonchev–Trinajstić information content (AvgIpc) is 2.76.